The number of nitrogens with two attached hydrogens (primary N) is 1. The maximum absolute atomic E-state index is 12.3. The van der Waals surface area contributed by atoms with E-state index in [2.05, 4.69) is 26.3 Å². The van der Waals surface area contributed by atoms with Gasteiger partial charge in [0.05, 0.1) is 17.9 Å². The summed E-state index contributed by atoms with van der Waals surface area (Å²) in [6.45, 7) is 0.423. The molecular weight excluding hydrogens is 352 g/mol. The molecule has 3 N–H and O–H groups in total. The third-order valence-corrected chi connectivity index (χ3v) is 4.93. The lowest BCUT2D eigenvalue weighted by atomic mass is 10.2. The quantitative estimate of drug-likeness (QED) is 0.750. The lowest BCUT2D eigenvalue weighted by molar-refractivity contribution is 0.0955. The molecule has 0 unspecified atom stereocenters. The van der Waals surface area contributed by atoms with Gasteiger partial charge in [-0.15, -0.1) is 11.3 Å². The van der Waals surface area contributed by atoms with E-state index in [4.69, 9.17) is 5.73 Å². The van der Waals surface area contributed by atoms with E-state index in [0.29, 0.717) is 17.1 Å². The average molecular weight is 365 g/mol. The number of nitrogen functional groups attached to an aromatic ring is 1. The highest BCUT2D eigenvalue weighted by Gasteiger charge is 2.16. The van der Waals surface area contributed by atoms with E-state index in [-0.39, 0.29) is 5.91 Å². The molecule has 5 nitrogen and oxygen atoms in total. The zero-order valence-corrected chi connectivity index (χ0v) is 13.7. The molecule has 0 aliphatic rings. The van der Waals surface area contributed by atoms with Crippen molar-refractivity contribution in [2.24, 2.45) is 7.05 Å². The second-order valence-corrected chi connectivity index (χ2v) is 6.58. The lowest BCUT2D eigenvalue weighted by Gasteiger charge is -2.04. The number of hydrogen-bond acceptors (Lipinski definition) is 4. The number of aromatic nitrogens is 2. The van der Waals surface area contributed by atoms with Gasteiger partial charge in [0.1, 0.15) is 4.88 Å². The number of fused-ring (bicyclic) bond motifs is 1. The molecule has 3 rings (SSSR count). The molecule has 2 aromatic heterocycles. The lowest BCUT2D eigenvalue weighted by Crippen LogP contribution is -2.23. The van der Waals surface area contributed by atoms with Crippen LogP contribution in [0.4, 0.5) is 5.69 Å². The molecule has 3 aromatic rings. The third-order valence-electron chi connectivity index (χ3n) is 3.25. The summed E-state index contributed by atoms with van der Waals surface area (Å²) >= 11 is 4.82. The molecule has 0 saturated heterocycles. The van der Waals surface area contributed by atoms with Crippen molar-refractivity contribution in [3.63, 3.8) is 0 Å². The first kappa shape index (κ1) is 14.1. The maximum atomic E-state index is 12.3. The summed E-state index contributed by atoms with van der Waals surface area (Å²) in [7, 11) is 1.84. The van der Waals surface area contributed by atoms with E-state index in [0.717, 1.165) is 20.3 Å². The predicted octanol–water partition coefficient (Wildman–Crippen LogP) is 2.91. The minimum absolute atomic E-state index is 0.161. The summed E-state index contributed by atoms with van der Waals surface area (Å²) in [5.74, 6) is -0.161. The Morgan fingerprint density at radius 2 is 2.29 bits per heavy atom. The monoisotopic (exact) mass is 364 g/mol. The molecule has 0 saturated carbocycles. The normalized spacial score (nSPS) is 11.0. The van der Waals surface area contributed by atoms with Gasteiger partial charge in [0.25, 0.3) is 5.91 Å². The molecular formula is C14H13BrN4OS. The fourth-order valence-corrected chi connectivity index (χ4v) is 3.46. The highest BCUT2D eigenvalue weighted by atomic mass is 79.9. The minimum atomic E-state index is -0.161. The summed E-state index contributed by atoms with van der Waals surface area (Å²) < 4.78 is 3.67. The van der Waals surface area contributed by atoms with Crippen molar-refractivity contribution in [2.45, 2.75) is 6.54 Å². The van der Waals surface area contributed by atoms with Crippen molar-refractivity contribution < 1.29 is 4.79 Å². The number of aryl methyl sites for hydroxylation is 1. The molecule has 0 radical (unpaired) electrons. The van der Waals surface area contributed by atoms with E-state index in [1.807, 2.05) is 31.3 Å². The smallest absolute Gasteiger partial charge is 0.263 e. The largest absolute Gasteiger partial charge is 0.397 e. The highest BCUT2D eigenvalue weighted by Crippen LogP contribution is 2.35. The minimum Gasteiger partial charge on any atom is -0.397 e. The van der Waals surface area contributed by atoms with Crippen LogP contribution in [0.1, 0.15) is 15.4 Å². The number of nitrogens with zero attached hydrogens (tertiary/aromatic N) is 2. The van der Waals surface area contributed by atoms with Gasteiger partial charge in [-0.2, -0.15) is 5.10 Å². The zero-order valence-electron chi connectivity index (χ0n) is 11.3. The topological polar surface area (TPSA) is 72.9 Å². The summed E-state index contributed by atoms with van der Waals surface area (Å²) in [6.07, 6.45) is 1.70. The van der Waals surface area contributed by atoms with Crippen LogP contribution in [0.15, 0.2) is 34.9 Å². The summed E-state index contributed by atoms with van der Waals surface area (Å²) in [6, 6.07) is 7.69. The third kappa shape index (κ3) is 2.66. The Balaban J connectivity index is 1.84. The average Bonchev–Trinajstić information content (AvgIpc) is 3.01. The van der Waals surface area contributed by atoms with Crippen LogP contribution < -0.4 is 11.1 Å². The van der Waals surface area contributed by atoms with Crippen LogP contribution in [0.3, 0.4) is 0 Å². The first-order valence-electron chi connectivity index (χ1n) is 6.29. The van der Waals surface area contributed by atoms with E-state index in [1.54, 1.807) is 10.9 Å². The van der Waals surface area contributed by atoms with E-state index < -0.39 is 0 Å². The highest BCUT2D eigenvalue weighted by molar-refractivity contribution is 9.10. The van der Waals surface area contributed by atoms with Gasteiger partial charge in [-0.05, 0) is 24.3 Å². The fourth-order valence-electron chi connectivity index (χ4n) is 2.08. The first-order valence-corrected chi connectivity index (χ1v) is 7.90. The molecule has 1 amide bonds. The van der Waals surface area contributed by atoms with Crippen molar-refractivity contribution in [1.29, 1.82) is 0 Å². The Hall–Kier alpha value is -1.86. The molecule has 0 atom stereocenters. The Kier molecular flexibility index (Phi) is 3.69. The van der Waals surface area contributed by atoms with Gasteiger partial charge in [0.15, 0.2) is 0 Å². The summed E-state index contributed by atoms with van der Waals surface area (Å²) in [4.78, 5) is 12.9. The van der Waals surface area contributed by atoms with Crippen LogP contribution in [0.5, 0.6) is 0 Å². The molecule has 1 aromatic carbocycles. The number of carbonyl (C=O) groups excluding carboxylic acids is 1. The van der Waals surface area contributed by atoms with Crippen LogP contribution in [0.25, 0.3) is 10.1 Å². The number of benzene rings is 1. The zero-order chi connectivity index (χ0) is 15.0. The maximum Gasteiger partial charge on any atom is 0.263 e. The van der Waals surface area contributed by atoms with Crippen LogP contribution in [-0.4, -0.2) is 15.7 Å². The first-order chi connectivity index (χ1) is 10.1. The van der Waals surface area contributed by atoms with E-state index in [9.17, 15) is 4.79 Å². The summed E-state index contributed by atoms with van der Waals surface area (Å²) in [5.41, 5.74) is 7.56. The molecule has 7 heteroatoms. The summed E-state index contributed by atoms with van der Waals surface area (Å²) in [5, 5.41) is 7.85. The number of thiophene rings is 1. The number of halogens is 1. The number of carbonyl (C=O) groups is 1. The van der Waals surface area contributed by atoms with Gasteiger partial charge in [0.2, 0.25) is 0 Å². The van der Waals surface area contributed by atoms with Crippen molar-refractivity contribution in [3.8, 4) is 0 Å². The predicted molar refractivity (Wildman–Crippen MR) is 88.3 cm³/mol. The van der Waals surface area contributed by atoms with Crippen molar-refractivity contribution >= 4 is 48.9 Å². The molecule has 2 heterocycles. The Labute approximate surface area is 133 Å². The molecule has 0 spiro atoms. The van der Waals surface area contributed by atoms with Gasteiger partial charge in [0, 0.05) is 27.8 Å². The number of rotatable bonds is 3. The number of hydrogen-bond donors (Lipinski definition) is 2. The number of amides is 1. The van der Waals surface area contributed by atoms with Crippen molar-refractivity contribution in [1.82, 2.24) is 15.1 Å². The van der Waals surface area contributed by atoms with Gasteiger partial charge < -0.3 is 11.1 Å². The van der Waals surface area contributed by atoms with Crippen LogP contribution >= 0.6 is 27.3 Å². The standard InChI is InChI=1S/C14H13BrN4OS/c1-19-9(4-5-18-19)7-17-14(20)13-12(16)10-6-8(15)2-3-11(10)21-13/h2-6H,7,16H2,1H3,(H,17,20). The number of anilines is 1. The Morgan fingerprint density at radius 3 is 3.00 bits per heavy atom. The molecule has 0 aliphatic heterocycles. The second kappa shape index (κ2) is 5.50. The Bertz CT molecular complexity index is 824. The fraction of sp³-hybridized carbons (Fsp3) is 0.143. The molecule has 0 fully saturated rings. The second-order valence-electron chi connectivity index (χ2n) is 4.61. The van der Waals surface area contributed by atoms with Crippen LogP contribution in [0.2, 0.25) is 0 Å². The number of nitrogens with one attached hydrogen (secondary N) is 1. The Morgan fingerprint density at radius 1 is 1.48 bits per heavy atom. The van der Waals surface area contributed by atoms with Gasteiger partial charge >= 0.3 is 0 Å². The SMILES string of the molecule is Cn1nccc1CNC(=O)c1sc2ccc(Br)cc2c1N. The molecule has 108 valence electrons. The van der Waals surface area contributed by atoms with Crippen LogP contribution in [0, 0.1) is 0 Å². The molecule has 0 aliphatic carbocycles. The van der Waals surface area contributed by atoms with Gasteiger partial charge in [-0.1, -0.05) is 15.9 Å². The van der Waals surface area contributed by atoms with Gasteiger partial charge in [-0.3, -0.25) is 9.48 Å². The van der Waals surface area contributed by atoms with E-state index >= 15 is 0 Å². The van der Waals surface area contributed by atoms with Crippen molar-refractivity contribution in [3.05, 3.63) is 45.5 Å². The van der Waals surface area contributed by atoms with Crippen molar-refractivity contribution in [2.75, 3.05) is 5.73 Å². The van der Waals surface area contributed by atoms with Gasteiger partial charge in [-0.25, -0.2) is 0 Å². The van der Waals surface area contributed by atoms with E-state index in [1.165, 1.54) is 11.3 Å². The molecule has 21 heavy (non-hydrogen) atoms. The van der Waals surface area contributed by atoms with Crippen LogP contribution in [-0.2, 0) is 13.6 Å². The molecule has 0 bridgehead atoms.